The highest BCUT2D eigenvalue weighted by Gasteiger charge is 2.19. The van der Waals surface area contributed by atoms with Crippen molar-refractivity contribution in [3.05, 3.63) is 56.7 Å². The van der Waals surface area contributed by atoms with Crippen molar-refractivity contribution in [2.75, 3.05) is 11.4 Å². The van der Waals surface area contributed by atoms with E-state index in [0.717, 1.165) is 25.1 Å². The Bertz CT molecular complexity index is 789. The van der Waals surface area contributed by atoms with Crippen LogP contribution >= 0.6 is 0 Å². The van der Waals surface area contributed by atoms with Gasteiger partial charge < -0.3 is 4.90 Å². The molecule has 1 aliphatic heterocycles. The molecule has 1 N–H and O–H groups in total. The van der Waals surface area contributed by atoms with Crippen LogP contribution < -0.4 is 16.1 Å². The summed E-state index contributed by atoms with van der Waals surface area (Å²) >= 11 is 0. The number of nitrogens with zero attached hydrogens (tertiary/aromatic N) is 2. The van der Waals surface area contributed by atoms with E-state index in [9.17, 15) is 9.59 Å². The molecule has 128 valence electrons. The molecule has 1 aromatic carbocycles. The number of fused-ring (bicyclic) bond motifs is 1. The first-order valence-corrected chi connectivity index (χ1v) is 8.89. The molecule has 0 bridgehead atoms. The minimum absolute atomic E-state index is 0.324. The summed E-state index contributed by atoms with van der Waals surface area (Å²) in [7, 11) is 0. The van der Waals surface area contributed by atoms with Crippen molar-refractivity contribution in [1.29, 1.82) is 0 Å². The lowest BCUT2D eigenvalue weighted by atomic mass is 10.1. The molecule has 24 heavy (non-hydrogen) atoms. The van der Waals surface area contributed by atoms with Gasteiger partial charge in [-0.25, -0.2) is 4.79 Å². The molecule has 0 amide bonds. The van der Waals surface area contributed by atoms with E-state index in [0.29, 0.717) is 12.4 Å². The average Bonchev–Trinajstić information content (AvgIpc) is 2.59. The van der Waals surface area contributed by atoms with E-state index < -0.39 is 0 Å². The van der Waals surface area contributed by atoms with Crippen molar-refractivity contribution in [3.63, 3.8) is 0 Å². The van der Waals surface area contributed by atoms with Gasteiger partial charge in [0.25, 0.3) is 5.56 Å². The number of unbranched alkanes of at least 4 members (excludes halogenated alkanes) is 3. The molecule has 5 nitrogen and oxygen atoms in total. The van der Waals surface area contributed by atoms with Crippen molar-refractivity contribution in [2.24, 2.45) is 0 Å². The van der Waals surface area contributed by atoms with E-state index in [2.05, 4.69) is 41.1 Å². The predicted molar refractivity (Wildman–Crippen MR) is 97.2 cm³/mol. The fourth-order valence-electron chi connectivity index (χ4n) is 3.31. The van der Waals surface area contributed by atoms with Crippen LogP contribution in [0.5, 0.6) is 0 Å². The van der Waals surface area contributed by atoms with Crippen molar-refractivity contribution in [2.45, 2.75) is 52.0 Å². The van der Waals surface area contributed by atoms with Gasteiger partial charge in [-0.2, -0.15) is 0 Å². The first-order chi connectivity index (χ1) is 11.7. The Balaban J connectivity index is 1.79. The number of nitrogens with one attached hydrogen (secondary N) is 1. The number of hydrogen-bond donors (Lipinski definition) is 1. The Morgan fingerprint density at radius 2 is 1.83 bits per heavy atom. The summed E-state index contributed by atoms with van der Waals surface area (Å²) in [6.45, 7) is 3.69. The van der Waals surface area contributed by atoms with Crippen LogP contribution in [0.3, 0.4) is 0 Å². The number of H-pyrrole nitrogens is 1. The maximum atomic E-state index is 12.0. The summed E-state index contributed by atoms with van der Waals surface area (Å²) in [5.74, 6) is 0.686. The summed E-state index contributed by atoms with van der Waals surface area (Å²) < 4.78 is 1.64. The lowest BCUT2D eigenvalue weighted by molar-refractivity contribution is 0.562. The van der Waals surface area contributed by atoms with Gasteiger partial charge in [0.1, 0.15) is 5.82 Å². The van der Waals surface area contributed by atoms with E-state index >= 15 is 0 Å². The second-order valence-electron chi connectivity index (χ2n) is 6.43. The number of aromatic amines is 1. The maximum Gasteiger partial charge on any atom is 0.329 e. The molecule has 0 fully saturated rings. The van der Waals surface area contributed by atoms with E-state index in [-0.39, 0.29) is 11.2 Å². The smallest absolute Gasteiger partial charge is 0.327 e. The fraction of sp³-hybridized carbons (Fsp3) is 0.474. The molecule has 1 aromatic heterocycles. The molecule has 1 aliphatic rings. The number of aromatic nitrogens is 2. The third-order valence-corrected chi connectivity index (χ3v) is 4.62. The standard InChI is InChI=1S/C19H25N3O2/c1-2-3-4-5-7-15-8-10-16(11-9-15)21-12-6-13-22-18(21)14-17(23)20-19(22)24/h8-11,14H,2-7,12-13H2,1H3,(H,20,23,24). The molecule has 0 atom stereocenters. The second kappa shape index (κ2) is 7.51. The van der Waals surface area contributed by atoms with Gasteiger partial charge in [0.05, 0.1) is 0 Å². The van der Waals surface area contributed by atoms with Crippen LogP contribution in [0.4, 0.5) is 11.5 Å². The highest BCUT2D eigenvalue weighted by Crippen LogP contribution is 2.27. The summed E-state index contributed by atoms with van der Waals surface area (Å²) in [4.78, 5) is 28.0. The molecule has 2 aromatic rings. The van der Waals surface area contributed by atoms with Gasteiger partial charge in [-0.3, -0.25) is 14.3 Å². The van der Waals surface area contributed by atoms with Gasteiger partial charge >= 0.3 is 5.69 Å². The van der Waals surface area contributed by atoms with Gasteiger partial charge in [-0.1, -0.05) is 38.3 Å². The van der Waals surface area contributed by atoms with E-state index in [4.69, 9.17) is 0 Å². The minimum atomic E-state index is -0.342. The number of benzene rings is 1. The predicted octanol–water partition coefficient (Wildman–Crippen LogP) is 3.20. The molecule has 0 saturated carbocycles. The maximum absolute atomic E-state index is 12.0. The topological polar surface area (TPSA) is 58.1 Å². The van der Waals surface area contributed by atoms with Crippen LogP contribution in [0.25, 0.3) is 0 Å². The van der Waals surface area contributed by atoms with Crippen molar-refractivity contribution < 1.29 is 0 Å². The fourth-order valence-corrected chi connectivity index (χ4v) is 3.31. The zero-order valence-corrected chi connectivity index (χ0v) is 14.3. The van der Waals surface area contributed by atoms with Crippen LogP contribution in [-0.2, 0) is 13.0 Å². The van der Waals surface area contributed by atoms with Gasteiger partial charge in [0, 0.05) is 24.8 Å². The van der Waals surface area contributed by atoms with Gasteiger partial charge in [-0.05, 0) is 37.0 Å². The summed E-state index contributed by atoms with van der Waals surface area (Å²) in [5, 5.41) is 0. The minimum Gasteiger partial charge on any atom is -0.327 e. The van der Waals surface area contributed by atoms with Crippen LogP contribution in [0.1, 0.15) is 44.6 Å². The monoisotopic (exact) mass is 327 g/mol. The van der Waals surface area contributed by atoms with Gasteiger partial charge in [-0.15, -0.1) is 0 Å². The Labute approximate surface area is 141 Å². The van der Waals surface area contributed by atoms with E-state index in [1.54, 1.807) is 4.57 Å². The Kier molecular flexibility index (Phi) is 5.18. The van der Waals surface area contributed by atoms with Gasteiger partial charge in [0.15, 0.2) is 0 Å². The number of rotatable bonds is 6. The molecular weight excluding hydrogens is 302 g/mol. The van der Waals surface area contributed by atoms with E-state index in [1.807, 2.05) is 0 Å². The molecule has 0 aliphatic carbocycles. The van der Waals surface area contributed by atoms with E-state index in [1.165, 1.54) is 37.3 Å². The van der Waals surface area contributed by atoms with Crippen LogP contribution in [0, 0.1) is 0 Å². The van der Waals surface area contributed by atoms with Crippen molar-refractivity contribution in [3.8, 4) is 0 Å². The molecular formula is C19H25N3O2. The quantitative estimate of drug-likeness (QED) is 0.829. The lowest BCUT2D eigenvalue weighted by Gasteiger charge is -2.31. The van der Waals surface area contributed by atoms with Crippen LogP contribution in [0.2, 0.25) is 0 Å². The molecule has 0 spiro atoms. The van der Waals surface area contributed by atoms with Crippen molar-refractivity contribution >= 4 is 11.5 Å². The third kappa shape index (κ3) is 3.61. The molecule has 5 heteroatoms. The van der Waals surface area contributed by atoms with Crippen LogP contribution in [-0.4, -0.2) is 16.1 Å². The first kappa shape index (κ1) is 16.6. The molecule has 0 radical (unpaired) electrons. The second-order valence-corrected chi connectivity index (χ2v) is 6.43. The number of hydrogen-bond acceptors (Lipinski definition) is 3. The zero-order valence-electron chi connectivity index (χ0n) is 14.3. The normalized spacial score (nSPS) is 13.8. The van der Waals surface area contributed by atoms with Crippen LogP contribution in [0.15, 0.2) is 39.9 Å². The first-order valence-electron chi connectivity index (χ1n) is 8.89. The average molecular weight is 327 g/mol. The summed E-state index contributed by atoms with van der Waals surface area (Å²) in [5.41, 5.74) is 1.71. The molecule has 0 saturated heterocycles. The largest absolute Gasteiger partial charge is 0.329 e. The van der Waals surface area contributed by atoms with Crippen molar-refractivity contribution in [1.82, 2.24) is 9.55 Å². The molecule has 3 rings (SSSR count). The third-order valence-electron chi connectivity index (χ3n) is 4.62. The number of anilines is 2. The SMILES string of the molecule is CCCCCCc1ccc(N2CCCn3c2cc(=O)[nH]c3=O)cc1. The number of aryl methyl sites for hydroxylation is 1. The van der Waals surface area contributed by atoms with Gasteiger partial charge in [0.2, 0.25) is 0 Å². The highest BCUT2D eigenvalue weighted by molar-refractivity contribution is 5.61. The zero-order chi connectivity index (χ0) is 16.9. The highest BCUT2D eigenvalue weighted by atomic mass is 16.2. The summed E-state index contributed by atoms with van der Waals surface area (Å²) in [6.07, 6.45) is 7.05. The Morgan fingerprint density at radius 3 is 2.58 bits per heavy atom. The Hall–Kier alpha value is -2.30. The summed E-state index contributed by atoms with van der Waals surface area (Å²) in [6, 6.07) is 10.0. The Morgan fingerprint density at radius 1 is 1.04 bits per heavy atom. The molecule has 2 heterocycles. The lowest BCUT2D eigenvalue weighted by Crippen LogP contribution is -2.39. The molecule has 0 unspecified atom stereocenters.